The van der Waals surface area contributed by atoms with Crippen LogP contribution in [0.3, 0.4) is 0 Å². The minimum atomic E-state index is 0.541. The number of unbranched alkanes of at least 4 members (excludes halogenated alkanes) is 2. The van der Waals surface area contributed by atoms with Crippen LogP contribution < -0.4 is 0 Å². The molecule has 0 aliphatic heterocycles. The van der Waals surface area contributed by atoms with Crippen LogP contribution >= 0.6 is 11.6 Å². The van der Waals surface area contributed by atoms with Gasteiger partial charge in [-0.2, -0.15) is 5.26 Å². The van der Waals surface area contributed by atoms with Crippen molar-refractivity contribution < 1.29 is 0 Å². The molecule has 0 aliphatic rings. The largest absolute Gasteiger partial charge is 0.300 e. The van der Waals surface area contributed by atoms with Gasteiger partial charge in [-0.3, -0.25) is 4.90 Å². The van der Waals surface area contributed by atoms with Crippen LogP contribution in [0.5, 0.6) is 0 Å². The van der Waals surface area contributed by atoms with Gasteiger partial charge in [-0.1, -0.05) is 6.42 Å². The van der Waals surface area contributed by atoms with E-state index < -0.39 is 0 Å². The third kappa shape index (κ3) is 7.17. The van der Waals surface area contributed by atoms with E-state index in [4.69, 9.17) is 16.9 Å². The standard InChI is InChI=1S/C11H21ClN2/c1-11(2)14(10-6-8-13)9-5-3-4-7-12/h11H,3-7,9-10H2,1-2H3. The molecule has 0 atom stereocenters. The van der Waals surface area contributed by atoms with E-state index in [1.165, 1.54) is 12.8 Å². The minimum Gasteiger partial charge on any atom is -0.300 e. The second kappa shape index (κ2) is 9.30. The van der Waals surface area contributed by atoms with Crippen molar-refractivity contribution in [2.45, 2.75) is 45.6 Å². The maximum atomic E-state index is 8.51. The van der Waals surface area contributed by atoms with Crippen molar-refractivity contribution in [2.24, 2.45) is 0 Å². The summed E-state index contributed by atoms with van der Waals surface area (Å²) in [5.41, 5.74) is 0. The number of nitrogens with zero attached hydrogens (tertiary/aromatic N) is 2. The molecule has 0 aliphatic carbocycles. The predicted octanol–water partition coefficient (Wildman–Crippen LogP) is 3.02. The second-order valence-electron chi connectivity index (χ2n) is 3.79. The van der Waals surface area contributed by atoms with Gasteiger partial charge < -0.3 is 0 Å². The summed E-state index contributed by atoms with van der Waals surface area (Å²) in [5.74, 6) is 0.764. The Hall–Kier alpha value is -0.260. The maximum Gasteiger partial charge on any atom is 0.0635 e. The molecule has 0 N–H and O–H groups in total. The van der Waals surface area contributed by atoms with Gasteiger partial charge in [-0.25, -0.2) is 0 Å². The zero-order valence-corrected chi connectivity index (χ0v) is 10.1. The molecule has 0 spiro atoms. The molecule has 0 bridgehead atoms. The summed E-state index contributed by atoms with van der Waals surface area (Å²) in [7, 11) is 0. The first-order chi connectivity index (χ1) is 6.72. The fourth-order valence-corrected chi connectivity index (χ4v) is 1.60. The first-order valence-electron chi connectivity index (χ1n) is 5.39. The molecule has 0 fully saturated rings. The summed E-state index contributed by atoms with van der Waals surface area (Å²) in [6, 6.07) is 2.73. The van der Waals surface area contributed by atoms with E-state index in [0.29, 0.717) is 12.5 Å². The molecule has 0 unspecified atom stereocenters. The Morgan fingerprint density at radius 1 is 1.21 bits per heavy atom. The van der Waals surface area contributed by atoms with Crippen LogP contribution in [0.1, 0.15) is 39.5 Å². The lowest BCUT2D eigenvalue weighted by atomic mass is 10.2. The van der Waals surface area contributed by atoms with Gasteiger partial charge in [0.1, 0.15) is 0 Å². The second-order valence-corrected chi connectivity index (χ2v) is 4.17. The van der Waals surface area contributed by atoms with Crippen LogP contribution in [0.2, 0.25) is 0 Å². The fourth-order valence-electron chi connectivity index (χ4n) is 1.41. The summed E-state index contributed by atoms with van der Waals surface area (Å²) < 4.78 is 0. The zero-order valence-electron chi connectivity index (χ0n) is 9.30. The summed E-state index contributed by atoms with van der Waals surface area (Å²) in [5, 5.41) is 8.51. The third-order valence-corrected chi connectivity index (χ3v) is 2.59. The molecular weight excluding hydrogens is 196 g/mol. The van der Waals surface area contributed by atoms with Crippen molar-refractivity contribution >= 4 is 11.6 Å². The molecule has 0 rings (SSSR count). The first-order valence-corrected chi connectivity index (χ1v) is 5.92. The van der Waals surface area contributed by atoms with Gasteiger partial charge in [-0.15, -0.1) is 11.6 Å². The Kier molecular flexibility index (Phi) is 9.13. The average Bonchev–Trinajstić information content (AvgIpc) is 2.16. The predicted molar refractivity (Wildman–Crippen MR) is 61.5 cm³/mol. The monoisotopic (exact) mass is 216 g/mol. The molecule has 0 aromatic rings. The minimum absolute atomic E-state index is 0.541. The lowest BCUT2D eigenvalue weighted by Gasteiger charge is -2.25. The Labute approximate surface area is 92.8 Å². The number of nitriles is 1. The molecule has 0 saturated heterocycles. The molecule has 0 amide bonds. The van der Waals surface area contributed by atoms with Crippen molar-refractivity contribution in [3.63, 3.8) is 0 Å². The number of alkyl halides is 1. The molecule has 82 valence electrons. The van der Waals surface area contributed by atoms with Gasteiger partial charge in [0.15, 0.2) is 0 Å². The van der Waals surface area contributed by atoms with Crippen LogP contribution in [0.4, 0.5) is 0 Å². The van der Waals surface area contributed by atoms with Crippen LogP contribution in [-0.4, -0.2) is 29.9 Å². The van der Waals surface area contributed by atoms with E-state index in [1.54, 1.807) is 0 Å². The van der Waals surface area contributed by atoms with Gasteiger partial charge in [0.25, 0.3) is 0 Å². The molecule has 3 heteroatoms. The highest BCUT2D eigenvalue weighted by molar-refractivity contribution is 6.17. The Morgan fingerprint density at radius 2 is 1.93 bits per heavy atom. The Morgan fingerprint density at radius 3 is 2.43 bits per heavy atom. The molecule has 0 heterocycles. The van der Waals surface area contributed by atoms with Crippen molar-refractivity contribution in [1.82, 2.24) is 4.90 Å². The summed E-state index contributed by atoms with van der Waals surface area (Å²) in [6.45, 7) is 6.35. The molecule has 14 heavy (non-hydrogen) atoms. The lowest BCUT2D eigenvalue weighted by molar-refractivity contribution is 0.222. The normalized spacial score (nSPS) is 10.9. The van der Waals surface area contributed by atoms with Gasteiger partial charge in [0.05, 0.1) is 6.07 Å². The number of hydrogen-bond donors (Lipinski definition) is 0. The first kappa shape index (κ1) is 13.7. The van der Waals surface area contributed by atoms with E-state index in [0.717, 1.165) is 25.4 Å². The number of rotatable bonds is 8. The van der Waals surface area contributed by atoms with E-state index in [2.05, 4.69) is 24.8 Å². The molecule has 0 saturated carbocycles. The van der Waals surface area contributed by atoms with E-state index in [1.807, 2.05) is 0 Å². The van der Waals surface area contributed by atoms with Crippen LogP contribution in [0.15, 0.2) is 0 Å². The number of hydrogen-bond acceptors (Lipinski definition) is 2. The lowest BCUT2D eigenvalue weighted by Crippen LogP contribution is -2.32. The average molecular weight is 217 g/mol. The summed E-state index contributed by atoms with van der Waals surface area (Å²) in [4.78, 5) is 2.36. The molecule has 0 radical (unpaired) electrons. The van der Waals surface area contributed by atoms with Gasteiger partial charge >= 0.3 is 0 Å². The molecular formula is C11H21ClN2. The summed E-state index contributed by atoms with van der Waals surface area (Å²) in [6.07, 6.45) is 4.12. The Bertz CT molecular complexity index is 163. The quantitative estimate of drug-likeness (QED) is 0.461. The maximum absolute atomic E-state index is 8.51. The van der Waals surface area contributed by atoms with Gasteiger partial charge in [-0.05, 0) is 33.2 Å². The number of halogens is 1. The van der Waals surface area contributed by atoms with E-state index in [-0.39, 0.29) is 0 Å². The third-order valence-electron chi connectivity index (χ3n) is 2.32. The van der Waals surface area contributed by atoms with Crippen molar-refractivity contribution in [3.8, 4) is 6.07 Å². The van der Waals surface area contributed by atoms with Gasteiger partial charge in [0, 0.05) is 24.9 Å². The van der Waals surface area contributed by atoms with Crippen molar-refractivity contribution in [1.29, 1.82) is 5.26 Å². The Balaban J connectivity index is 3.58. The van der Waals surface area contributed by atoms with Crippen LogP contribution in [0.25, 0.3) is 0 Å². The SMILES string of the molecule is CC(C)N(CCC#N)CCCCCCl. The van der Waals surface area contributed by atoms with Crippen molar-refractivity contribution in [3.05, 3.63) is 0 Å². The topological polar surface area (TPSA) is 27.0 Å². The molecule has 0 aromatic heterocycles. The zero-order chi connectivity index (χ0) is 10.8. The smallest absolute Gasteiger partial charge is 0.0635 e. The molecule has 0 aromatic carbocycles. The fraction of sp³-hybridized carbons (Fsp3) is 0.909. The van der Waals surface area contributed by atoms with Crippen LogP contribution in [-0.2, 0) is 0 Å². The highest BCUT2D eigenvalue weighted by atomic mass is 35.5. The van der Waals surface area contributed by atoms with Gasteiger partial charge in [0.2, 0.25) is 0 Å². The van der Waals surface area contributed by atoms with E-state index >= 15 is 0 Å². The summed E-state index contributed by atoms with van der Waals surface area (Å²) >= 11 is 5.61. The van der Waals surface area contributed by atoms with Crippen LogP contribution in [0, 0.1) is 11.3 Å². The highest BCUT2D eigenvalue weighted by Gasteiger charge is 2.07. The highest BCUT2D eigenvalue weighted by Crippen LogP contribution is 2.04. The molecule has 2 nitrogen and oxygen atoms in total. The van der Waals surface area contributed by atoms with Crippen molar-refractivity contribution in [2.75, 3.05) is 19.0 Å². The van der Waals surface area contributed by atoms with E-state index in [9.17, 15) is 0 Å².